The zero-order valence-electron chi connectivity index (χ0n) is 19.0. The molecule has 7 heteroatoms. The fraction of sp³-hybridized carbons (Fsp3) is 0.360. The molecule has 0 aromatic heterocycles. The molecule has 1 N–H and O–H groups in total. The van der Waals surface area contributed by atoms with E-state index in [1.54, 1.807) is 31.4 Å². The number of Topliss-reactive ketones (excluding diaryl/α,β-unsaturated/α-hetero) is 1. The molecule has 1 saturated heterocycles. The van der Waals surface area contributed by atoms with Crippen molar-refractivity contribution in [2.45, 2.75) is 19.4 Å². The first-order valence-corrected chi connectivity index (χ1v) is 10.7. The van der Waals surface area contributed by atoms with Crippen LogP contribution >= 0.6 is 0 Å². The second-order valence-electron chi connectivity index (χ2n) is 7.85. The van der Waals surface area contributed by atoms with Crippen molar-refractivity contribution in [3.8, 4) is 5.75 Å². The van der Waals surface area contributed by atoms with Crippen molar-refractivity contribution in [3.63, 3.8) is 0 Å². The molecule has 1 aliphatic rings. The van der Waals surface area contributed by atoms with Gasteiger partial charge >= 0.3 is 0 Å². The van der Waals surface area contributed by atoms with E-state index in [-0.39, 0.29) is 24.5 Å². The van der Waals surface area contributed by atoms with Crippen molar-refractivity contribution in [1.82, 2.24) is 4.90 Å². The van der Waals surface area contributed by atoms with E-state index in [2.05, 4.69) is 0 Å². The minimum atomic E-state index is -0.708. The Morgan fingerprint density at radius 3 is 2.44 bits per heavy atom. The molecular weight excluding hydrogens is 408 g/mol. The van der Waals surface area contributed by atoms with Gasteiger partial charge in [0.05, 0.1) is 24.8 Å². The van der Waals surface area contributed by atoms with Gasteiger partial charge in [0.2, 0.25) is 0 Å². The van der Waals surface area contributed by atoms with E-state index in [0.717, 1.165) is 17.7 Å². The Bertz CT molecular complexity index is 998. The lowest BCUT2D eigenvalue weighted by molar-refractivity contribution is -0.140. The fourth-order valence-electron chi connectivity index (χ4n) is 3.71. The number of benzene rings is 2. The van der Waals surface area contributed by atoms with Gasteiger partial charge in [-0.05, 0) is 36.2 Å². The molecule has 0 bridgehead atoms. The Morgan fingerprint density at radius 2 is 1.81 bits per heavy atom. The van der Waals surface area contributed by atoms with Gasteiger partial charge in [-0.15, -0.1) is 0 Å². The van der Waals surface area contributed by atoms with E-state index in [1.165, 1.54) is 4.90 Å². The number of amides is 1. The molecule has 3 rings (SSSR count). The molecule has 2 aromatic rings. The molecule has 0 spiro atoms. The lowest BCUT2D eigenvalue weighted by Crippen LogP contribution is -2.32. The van der Waals surface area contributed by atoms with E-state index in [4.69, 9.17) is 9.47 Å². The first-order chi connectivity index (χ1) is 15.4. The van der Waals surface area contributed by atoms with Crippen molar-refractivity contribution in [1.29, 1.82) is 0 Å². The third-order valence-corrected chi connectivity index (χ3v) is 5.38. The van der Waals surface area contributed by atoms with Crippen LogP contribution in [0, 0.1) is 0 Å². The van der Waals surface area contributed by atoms with Gasteiger partial charge < -0.3 is 24.4 Å². The van der Waals surface area contributed by atoms with Crippen molar-refractivity contribution in [3.05, 3.63) is 65.2 Å². The Morgan fingerprint density at radius 1 is 1.09 bits per heavy atom. The molecule has 1 unspecified atom stereocenters. The number of anilines is 1. The maximum Gasteiger partial charge on any atom is 0.295 e. The van der Waals surface area contributed by atoms with E-state index in [9.17, 15) is 14.7 Å². The van der Waals surface area contributed by atoms with Crippen molar-refractivity contribution >= 4 is 23.1 Å². The molecule has 0 saturated carbocycles. The molecule has 1 heterocycles. The summed E-state index contributed by atoms with van der Waals surface area (Å²) in [4.78, 5) is 29.3. The van der Waals surface area contributed by atoms with Crippen molar-refractivity contribution in [2.24, 2.45) is 0 Å². The normalized spacial score (nSPS) is 17.6. The topological polar surface area (TPSA) is 79.3 Å². The second kappa shape index (κ2) is 10.3. The van der Waals surface area contributed by atoms with Crippen LogP contribution in [-0.4, -0.2) is 62.7 Å². The van der Waals surface area contributed by atoms with Gasteiger partial charge in [-0.25, -0.2) is 0 Å². The molecule has 1 aliphatic heterocycles. The molecule has 7 nitrogen and oxygen atoms in total. The lowest BCUT2D eigenvalue weighted by Gasteiger charge is -2.25. The highest BCUT2D eigenvalue weighted by atomic mass is 16.5. The number of carbonyl (C=O) groups is 2. The maximum atomic E-state index is 13.0. The van der Waals surface area contributed by atoms with Gasteiger partial charge in [0.1, 0.15) is 11.5 Å². The van der Waals surface area contributed by atoms with Crippen LogP contribution in [-0.2, 0) is 14.3 Å². The highest BCUT2D eigenvalue weighted by Gasteiger charge is 2.45. The SMILES string of the molecule is CCCOc1cccc(C(O)=C2C(=O)C(=O)N(CCOC)C2c2ccc(N(C)C)cc2)c1. The quantitative estimate of drug-likeness (QED) is 0.366. The summed E-state index contributed by atoms with van der Waals surface area (Å²) >= 11 is 0. The van der Waals surface area contributed by atoms with E-state index < -0.39 is 17.7 Å². The van der Waals surface area contributed by atoms with Gasteiger partial charge in [-0.1, -0.05) is 31.2 Å². The van der Waals surface area contributed by atoms with Crippen LogP contribution in [0.2, 0.25) is 0 Å². The number of hydrogen-bond acceptors (Lipinski definition) is 6. The standard InChI is InChI=1S/C25H30N2O5/c1-5-14-32-20-8-6-7-18(16-20)23(28)21-22(17-9-11-19(12-10-17)26(2)3)27(13-15-31-4)25(30)24(21)29/h6-12,16,22,28H,5,13-15H2,1-4H3. The molecule has 1 fully saturated rings. The van der Waals surface area contributed by atoms with Crippen LogP contribution in [0.15, 0.2) is 54.1 Å². The van der Waals surface area contributed by atoms with Crippen molar-refractivity contribution in [2.75, 3.05) is 45.9 Å². The average Bonchev–Trinajstić information content (AvgIpc) is 3.05. The van der Waals surface area contributed by atoms with Gasteiger partial charge in [-0.3, -0.25) is 9.59 Å². The number of nitrogens with zero attached hydrogens (tertiary/aromatic N) is 2. The zero-order valence-corrected chi connectivity index (χ0v) is 19.0. The summed E-state index contributed by atoms with van der Waals surface area (Å²) in [7, 11) is 5.42. The predicted octanol–water partition coefficient (Wildman–Crippen LogP) is 3.61. The van der Waals surface area contributed by atoms with E-state index in [0.29, 0.717) is 17.9 Å². The molecule has 1 atom stereocenters. The highest BCUT2D eigenvalue weighted by molar-refractivity contribution is 6.46. The number of aliphatic hydroxyl groups excluding tert-OH is 1. The van der Waals surface area contributed by atoms with E-state index in [1.807, 2.05) is 50.2 Å². The van der Waals surface area contributed by atoms with Crippen LogP contribution in [0.25, 0.3) is 5.76 Å². The Kier molecular flexibility index (Phi) is 7.53. The van der Waals surface area contributed by atoms with Crippen LogP contribution < -0.4 is 9.64 Å². The summed E-state index contributed by atoms with van der Waals surface area (Å²) in [6.07, 6.45) is 0.851. The lowest BCUT2D eigenvalue weighted by atomic mass is 9.95. The average molecular weight is 439 g/mol. The molecule has 32 heavy (non-hydrogen) atoms. The minimum absolute atomic E-state index is 0.0661. The molecule has 2 aromatic carbocycles. The number of carbonyl (C=O) groups excluding carboxylic acids is 2. The van der Waals surface area contributed by atoms with E-state index >= 15 is 0 Å². The third-order valence-electron chi connectivity index (χ3n) is 5.38. The Labute approximate surface area is 188 Å². The summed E-state index contributed by atoms with van der Waals surface area (Å²) in [5, 5.41) is 11.2. The summed E-state index contributed by atoms with van der Waals surface area (Å²) < 4.78 is 10.8. The van der Waals surface area contributed by atoms with Crippen LogP contribution in [0.1, 0.15) is 30.5 Å². The number of ether oxygens (including phenoxy) is 2. The first-order valence-electron chi connectivity index (χ1n) is 10.7. The Hall–Kier alpha value is -3.32. The first kappa shape index (κ1) is 23.3. The maximum absolute atomic E-state index is 13.0. The summed E-state index contributed by atoms with van der Waals surface area (Å²) in [6, 6.07) is 13.8. The third kappa shape index (κ3) is 4.78. The largest absolute Gasteiger partial charge is 0.507 e. The number of hydrogen-bond donors (Lipinski definition) is 1. The molecule has 1 amide bonds. The predicted molar refractivity (Wildman–Crippen MR) is 124 cm³/mol. The Balaban J connectivity index is 2.09. The number of methoxy groups -OCH3 is 1. The molecular formula is C25H30N2O5. The molecule has 0 radical (unpaired) electrons. The van der Waals surface area contributed by atoms with Crippen LogP contribution in [0.4, 0.5) is 5.69 Å². The smallest absolute Gasteiger partial charge is 0.295 e. The number of aliphatic hydroxyl groups is 1. The molecule has 0 aliphatic carbocycles. The number of rotatable bonds is 9. The van der Waals surface area contributed by atoms with Crippen molar-refractivity contribution < 1.29 is 24.2 Å². The highest BCUT2D eigenvalue weighted by Crippen LogP contribution is 2.40. The summed E-state index contributed by atoms with van der Waals surface area (Å²) in [6.45, 7) is 3.06. The monoisotopic (exact) mass is 438 g/mol. The summed E-state index contributed by atoms with van der Waals surface area (Å²) in [5.74, 6) is -0.979. The van der Waals surface area contributed by atoms with Gasteiger partial charge in [-0.2, -0.15) is 0 Å². The van der Waals surface area contributed by atoms with Gasteiger partial charge in [0.25, 0.3) is 11.7 Å². The second-order valence-corrected chi connectivity index (χ2v) is 7.85. The van der Waals surface area contributed by atoms with Gasteiger partial charge in [0, 0.05) is 39.0 Å². The molecule has 170 valence electrons. The minimum Gasteiger partial charge on any atom is -0.507 e. The van der Waals surface area contributed by atoms with Crippen LogP contribution in [0.3, 0.4) is 0 Å². The van der Waals surface area contributed by atoms with Crippen LogP contribution in [0.5, 0.6) is 5.75 Å². The number of likely N-dealkylation sites (tertiary alicyclic amines) is 1. The zero-order chi connectivity index (χ0) is 23.3. The fourth-order valence-corrected chi connectivity index (χ4v) is 3.71. The number of ketones is 1. The summed E-state index contributed by atoms with van der Waals surface area (Å²) in [5.41, 5.74) is 2.23. The van der Waals surface area contributed by atoms with Gasteiger partial charge in [0.15, 0.2) is 0 Å².